The molecule has 3 heterocycles. The molecule has 2 aromatic heterocycles. The van der Waals surface area contributed by atoms with Crippen molar-refractivity contribution >= 4 is 17.2 Å². The highest BCUT2D eigenvalue weighted by Crippen LogP contribution is 2.25. The molecule has 1 aliphatic rings. The van der Waals surface area contributed by atoms with Gasteiger partial charge in [0.15, 0.2) is 0 Å². The van der Waals surface area contributed by atoms with Crippen molar-refractivity contribution < 1.29 is 9.53 Å². The van der Waals surface area contributed by atoms with Crippen LogP contribution in [0, 0.1) is 0 Å². The van der Waals surface area contributed by atoms with E-state index in [4.69, 9.17) is 4.74 Å². The number of carbonyl (C=O) groups is 1. The monoisotopic (exact) mass is 347 g/mol. The molecule has 0 bridgehead atoms. The van der Waals surface area contributed by atoms with E-state index in [0.717, 1.165) is 13.1 Å². The topological polar surface area (TPSA) is 63.6 Å². The van der Waals surface area contributed by atoms with Gasteiger partial charge in [-0.05, 0) is 17.5 Å². The Bertz CT molecular complexity index is 736. The number of nitrogens with zero attached hydrogens (tertiary/aromatic N) is 2. The van der Waals surface area contributed by atoms with Crippen molar-refractivity contribution in [3.8, 4) is 0 Å². The van der Waals surface area contributed by atoms with Crippen LogP contribution in [0.4, 0.5) is 0 Å². The summed E-state index contributed by atoms with van der Waals surface area (Å²) in [5.74, 6) is -0.220. The molecule has 0 spiro atoms. The van der Waals surface area contributed by atoms with Gasteiger partial charge in [-0.15, -0.1) is 11.3 Å². The van der Waals surface area contributed by atoms with Gasteiger partial charge in [-0.1, -0.05) is 6.07 Å². The zero-order valence-corrected chi connectivity index (χ0v) is 14.4. The molecule has 24 heavy (non-hydrogen) atoms. The molecule has 7 heteroatoms. The first-order valence-corrected chi connectivity index (χ1v) is 8.83. The van der Waals surface area contributed by atoms with E-state index in [2.05, 4.69) is 16.3 Å². The summed E-state index contributed by atoms with van der Waals surface area (Å²) in [6.07, 6.45) is 1.61. The second-order valence-corrected chi connectivity index (χ2v) is 6.73. The molecule has 1 fully saturated rings. The second kappa shape index (κ2) is 7.74. The number of hydrogen-bond acceptors (Lipinski definition) is 5. The molecule has 1 atom stereocenters. The number of hydrogen-bond donors (Lipinski definition) is 1. The summed E-state index contributed by atoms with van der Waals surface area (Å²) in [7, 11) is 1.66. The van der Waals surface area contributed by atoms with Gasteiger partial charge < -0.3 is 14.6 Å². The lowest BCUT2D eigenvalue weighted by Gasteiger charge is -2.34. The van der Waals surface area contributed by atoms with Crippen molar-refractivity contribution in [2.24, 2.45) is 7.05 Å². The normalized spacial score (nSPS) is 16.7. The van der Waals surface area contributed by atoms with Gasteiger partial charge in [0.25, 0.3) is 11.5 Å². The third-order valence-electron chi connectivity index (χ3n) is 4.18. The number of aromatic nitrogens is 1. The molecule has 1 unspecified atom stereocenters. The Morgan fingerprint density at radius 2 is 2.17 bits per heavy atom. The maximum atomic E-state index is 12.4. The first kappa shape index (κ1) is 16.9. The van der Waals surface area contributed by atoms with Gasteiger partial charge in [0.2, 0.25) is 0 Å². The van der Waals surface area contributed by atoms with Crippen LogP contribution in [0.1, 0.15) is 21.3 Å². The van der Waals surface area contributed by atoms with Crippen LogP contribution < -0.4 is 10.9 Å². The molecule has 128 valence electrons. The first-order chi connectivity index (χ1) is 11.6. The molecule has 2 aromatic rings. The zero-order chi connectivity index (χ0) is 16.9. The summed E-state index contributed by atoms with van der Waals surface area (Å²) in [4.78, 5) is 27.6. The van der Waals surface area contributed by atoms with Gasteiger partial charge in [0.05, 0.1) is 19.3 Å². The van der Waals surface area contributed by atoms with Crippen molar-refractivity contribution in [1.29, 1.82) is 0 Å². The third kappa shape index (κ3) is 3.92. The second-order valence-electron chi connectivity index (χ2n) is 5.75. The summed E-state index contributed by atoms with van der Waals surface area (Å²) in [5.41, 5.74) is 0.204. The van der Waals surface area contributed by atoms with E-state index in [1.54, 1.807) is 30.6 Å². The molecular weight excluding hydrogens is 326 g/mol. The molecule has 1 N–H and O–H groups in total. The van der Waals surface area contributed by atoms with Crippen LogP contribution >= 0.6 is 11.3 Å². The van der Waals surface area contributed by atoms with E-state index in [9.17, 15) is 9.59 Å². The summed E-state index contributed by atoms with van der Waals surface area (Å²) in [6.45, 7) is 3.64. The number of carbonyl (C=O) groups excluding carboxylic acids is 1. The SMILES string of the molecule is Cn1ccc(C(=O)NCC(c2cccs2)N2CCOCC2)cc1=O. The Hall–Kier alpha value is -1.96. The Morgan fingerprint density at radius 1 is 1.38 bits per heavy atom. The minimum absolute atomic E-state index is 0.129. The fourth-order valence-corrected chi connectivity index (χ4v) is 3.62. The fourth-order valence-electron chi connectivity index (χ4n) is 2.76. The van der Waals surface area contributed by atoms with Crippen LogP contribution in [-0.4, -0.2) is 48.2 Å². The molecule has 0 aromatic carbocycles. The van der Waals surface area contributed by atoms with Crippen LogP contribution in [0.5, 0.6) is 0 Å². The number of amides is 1. The highest BCUT2D eigenvalue weighted by molar-refractivity contribution is 7.10. The van der Waals surface area contributed by atoms with Gasteiger partial charge in [-0.25, -0.2) is 0 Å². The van der Waals surface area contributed by atoms with Gasteiger partial charge in [-0.3, -0.25) is 14.5 Å². The number of nitrogens with one attached hydrogen (secondary N) is 1. The van der Waals surface area contributed by atoms with Crippen LogP contribution in [0.25, 0.3) is 0 Å². The van der Waals surface area contributed by atoms with E-state index in [1.807, 2.05) is 11.4 Å². The van der Waals surface area contributed by atoms with Crippen molar-refractivity contribution in [2.75, 3.05) is 32.8 Å². The number of morpholine rings is 1. The van der Waals surface area contributed by atoms with Crippen LogP contribution in [0.3, 0.4) is 0 Å². The molecule has 6 nitrogen and oxygen atoms in total. The minimum Gasteiger partial charge on any atom is -0.379 e. The summed E-state index contributed by atoms with van der Waals surface area (Å²) >= 11 is 1.69. The molecule has 0 aliphatic carbocycles. The van der Waals surface area contributed by atoms with Crippen molar-refractivity contribution in [3.63, 3.8) is 0 Å². The largest absolute Gasteiger partial charge is 0.379 e. The lowest BCUT2D eigenvalue weighted by molar-refractivity contribution is 0.0169. The van der Waals surface area contributed by atoms with Gasteiger partial charge in [0, 0.05) is 49.4 Å². The van der Waals surface area contributed by atoms with E-state index in [-0.39, 0.29) is 17.5 Å². The summed E-state index contributed by atoms with van der Waals surface area (Å²) in [5, 5.41) is 5.02. The van der Waals surface area contributed by atoms with Crippen molar-refractivity contribution in [1.82, 2.24) is 14.8 Å². The molecule has 1 saturated heterocycles. The van der Waals surface area contributed by atoms with Crippen molar-refractivity contribution in [3.05, 3.63) is 56.6 Å². The third-order valence-corrected chi connectivity index (χ3v) is 5.15. The summed E-state index contributed by atoms with van der Waals surface area (Å²) < 4.78 is 6.87. The highest BCUT2D eigenvalue weighted by Gasteiger charge is 2.24. The van der Waals surface area contributed by atoms with Crippen LogP contribution in [0.2, 0.25) is 0 Å². The Balaban J connectivity index is 1.69. The standard InChI is InChI=1S/C17H21N3O3S/c1-19-5-4-13(11-16(19)21)17(22)18-12-14(15-3-2-10-24-15)20-6-8-23-9-7-20/h2-5,10-11,14H,6-9,12H2,1H3,(H,18,22). The maximum absolute atomic E-state index is 12.4. The quantitative estimate of drug-likeness (QED) is 0.884. The highest BCUT2D eigenvalue weighted by atomic mass is 32.1. The van der Waals surface area contributed by atoms with E-state index in [1.165, 1.54) is 15.5 Å². The molecule has 1 amide bonds. The molecular formula is C17H21N3O3S. The number of thiophene rings is 1. The van der Waals surface area contributed by atoms with Gasteiger partial charge in [0.1, 0.15) is 0 Å². The van der Waals surface area contributed by atoms with Gasteiger partial charge in [-0.2, -0.15) is 0 Å². The fraction of sp³-hybridized carbons (Fsp3) is 0.412. The minimum atomic E-state index is -0.220. The lowest BCUT2D eigenvalue weighted by Crippen LogP contribution is -2.43. The van der Waals surface area contributed by atoms with Crippen molar-refractivity contribution in [2.45, 2.75) is 6.04 Å². The predicted molar refractivity (Wildman–Crippen MR) is 93.5 cm³/mol. The Kier molecular flexibility index (Phi) is 5.44. The predicted octanol–water partition coefficient (Wildman–Crippen LogP) is 1.25. The van der Waals surface area contributed by atoms with Gasteiger partial charge >= 0.3 is 0 Å². The number of pyridine rings is 1. The average molecular weight is 347 g/mol. The van der Waals surface area contributed by atoms with E-state index in [0.29, 0.717) is 25.3 Å². The smallest absolute Gasteiger partial charge is 0.251 e. The molecule has 0 radical (unpaired) electrons. The number of rotatable bonds is 5. The average Bonchev–Trinajstić information content (AvgIpc) is 3.12. The number of ether oxygens (including phenoxy) is 1. The van der Waals surface area contributed by atoms with E-state index < -0.39 is 0 Å². The molecule has 1 aliphatic heterocycles. The molecule has 0 saturated carbocycles. The maximum Gasteiger partial charge on any atom is 0.251 e. The molecule has 3 rings (SSSR count). The van der Waals surface area contributed by atoms with E-state index >= 15 is 0 Å². The summed E-state index contributed by atoms with van der Waals surface area (Å²) in [6, 6.07) is 7.27. The lowest BCUT2D eigenvalue weighted by atomic mass is 10.1. The van der Waals surface area contributed by atoms with Crippen LogP contribution in [0.15, 0.2) is 40.6 Å². The van der Waals surface area contributed by atoms with Crippen LogP contribution in [-0.2, 0) is 11.8 Å². The number of aryl methyl sites for hydroxylation is 1. The Morgan fingerprint density at radius 3 is 2.83 bits per heavy atom. The first-order valence-electron chi connectivity index (χ1n) is 7.95. The Labute approximate surface area is 144 Å². The zero-order valence-electron chi connectivity index (χ0n) is 13.6.